The van der Waals surface area contributed by atoms with Crippen LogP contribution in [0.1, 0.15) is 23.0 Å². The Labute approximate surface area is 106 Å². The van der Waals surface area contributed by atoms with Gasteiger partial charge in [-0.1, -0.05) is 6.07 Å². The van der Waals surface area contributed by atoms with Gasteiger partial charge in [-0.3, -0.25) is 9.78 Å². The van der Waals surface area contributed by atoms with Crippen molar-refractivity contribution in [2.45, 2.75) is 13.8 Å². The molecule has 3 nitrogen and oxygen atoms in total. The highest BCUT2D eigenvalue weighted by Gasteiger charge is 2.06. The van der Waals surface area contributed by atoms with E-state index in [1.54, 1.807) is 12.3 Å². The third-order valence-electron chi connectivity index (χ3n) is 2.67. The molecule has 0 fully saturated rings. The van der Waals surface area contributed by atoms with E-state index < -0.39 is 0 Å². The van der Waals surface area contributed by atoms with Gasteiger partial charge in [0.15, 0.2) is 6.29 Å². The number of aromatic nitrogens is 1. The lowest BCUT2D eigenvalue weighted by Crippen LogP contribution is -1.96. The Bertz CT molecular complexity index is 564. The zero-order chi connectivity index (χ0) is 13.0. The molecule has 92 valence electrons. The second-order valence-electron chi connectivity index (χ2n) is 3.99. The van der Waals surface area contributed by atoms with Gasteiger partial charge < -0.3 is 4.74 Å². The molecule has 0 saturated carbocycles. The summed E-state index contributed by atoms with van der Waals surface area (Å²) >= 11 is 0. The molecule has 3 heteroatoms. The molecular formula is C15H15NO2. The summed E-state index contributed by atoms with van der Waals surface area (Å²) < 4.78 is 5.47. The highest BCUT2D eigenvalue weighted by atomic mass is 16.5. The van der Waals surface area contributed by atoms with Gasteiger partial charge in [-0.05, 0) is 49.2 Å². The number of pyridine rings is 1. The van der Waals surface area contributed by atoms with Crippen LogP contribution in [0.25, 0.3) is 11.1 Å². The Morgan fingerprint density at radius 1 is 1.22 bits per heavy atom. The summed E-state index contributed by atoms with van der Waals surface area (Å²) in [5.41, 5.74) is 3.63. The maximum atomic E-state index is 10.9. The van der Waals surface area contributed by atoms with E-state index in [-0.39, 0.29) is 0 Å². The quantitative estimate of drug-likeness (QED) is 0.771. The molecule has 0 radical (unpaired) electrons. The summed E-state index contributed by atoms with van der Waals surface area (Å²) in [6.45, 7) is 4.39. The number of hydrogen-bond donors (Lipinski definition) is 0. The van der Waals surface area contributed by atoms with E-state index >= 15 is 0 Å². The molecule has 0 bridgehead atoms. The average Bonchev–Trinajstić information content (AvgIpc) is 2.39. The number of ether oxygens (including phenoxy) is 1. The molecule has 0 aliphatic heterocycles. The van der Waals surface area contributed by atoms with Crippen LogP contribution >= 0.6 is 0 Å². The van der Waals surface area contributed by atoms with Gasteiger partial charge in [-0.2, -0.15) is 0 Å². The first-order chi connectivity index (χ1) is 8.74. The van der Waals surface area contributed by atoms with Gasteiger partial charge in [0.25, 0.3) is 0 Å². The predicted octanol–water partition coefficient (Wildman–Crippen LogP) is 3.27. The zero-order valence-corrected chi connectivity index (χ0v) is 10.5. The molecule has 2 rings (SSSR count). The molecule has 0 aliphatic rings. The van der Waals surface area contributed by atoms with Crippen molar-refractivity contribution in [3.8, 4) is 16.9 Å². The van der Waals surface area contributed by atoms with Crippen LogP contribution in [-0.2, 0) is 0 Å². The first kappa shape index (κ1) is 12.3. The summed E-state index contributed by atoms with van der Waals surface area (Å²) in [7, 11) is 0. The Morgan fingerprint density at radius 2 is 2.00 bits per heavy atom. The monoisotopic (exact) mass is 241 g/mol. The minimum absolute atomic E-state index is 0.541. The van der Waals surface area contributed by atoms with E-state index in [9.17, 15) is 4.79 Å². The van der Waals surface area contributed by atoms with Gasteiger partial charge in [0, 0.05) is 11.9 Å². The standard InChI is InChI=1S/C15H15NO2/c1-3-18-15-9-12(4-5-14(15)10-17)13-6-7-16-11(2)8-13/h4-10H,3H2,1-2H3. The van der Waals surface area contributed by atoms with Gasteiger partial charge in [0.05, 0.1) is 12.2 Å². The van der Waals surface area contributed by atoms with Crippen molar-refractivity contribution < 1.29 is 9.53 Å². The Balaban J connectivity index is 2.46. The third-order valence-corrected chi connectivity index (χ3v) is 2.67. The van der Waals surface area contributed by atoms with Gasteiger partial charge in [0.1, 0.15) is 5.75 Å². The van der Waals surface area contributed by atoms with E-state index in [0.717, 1.165) is 23.1 Å². The maximum Gasteiger partial charge on any atom is 0.153 e. The van der Waals surface area contributed by atoms with Crippen molar-refractivity contribution in [1.29, 1.82) is 0 Å². The SMILES string of the molecule is CCOc1cc(-c2ccnc(C)c2)ccc1C=O. The predicted molar refractivity (Wildman–Crippen MR) is 71.0 cm³/mol. The van der Waals surface area contributed by atoms with E-state index in [4.69, 9.17) is 4.74 Å². The largest absolute Gasteiger partial charge is 0.493 e. The van der Waals surface area contributed by atoms with Gasteiger partial charge in [-0.15, -0.1) is 0 Å². The number of carbonyl (C=O) groups is 1. The number of hydrogen-bond acceptors (Lipinski definition) is 3. The number of aryl methyl sites for hydroxylation is 1. The second-order valence-corrected chi connectivity index (χ2v) is 3.99. The summed E-state index contributed by atoms with van der Waals surface area (Å²) in [5.74, 6) is 0.625. The van der Waals surface area contributed by atoms with Crippen LogP contribution in [0.15, 0.2) is 36.5 Å². The molecule has 0 atom stereocenters. The van der Waals surface area contributed by atoms with Crippen molar-refractivity contribution in [2.75, 3.05) is 6.61 Å². The highest BCUT2D eigenvalue weighted by Crippen LogP contribution is 2.26. The molecule has 1 aromatic carbocycles. The first-order valence-electron chi connectivity index (χ1n) is 5.89. The van der Waals surface area contributed by atoms with Gasteiger partial charge in [0.2, 0.25) is 0 Å². The van der Waals surface area contributed by atoms with Crippen molar-refractivity contribution in [2.24, 2.45) is 0 Å². The van der Waals surface area contributed by atoms with E-state index in [0.29, 0.717) is 17.9 Å². The van der Waals surface area contributed by atoms with Crippen molar-refractivity contribution in [3.63, 3.8) is 0 Å². The number of benzene rings is 1. The maximum absolute atomic E-state index is 10.9. The van der Waals surface area contributed by atoms with Crippen LogP contribution in [-0.4, -0.2) is 17.9 Å². The lowest BCUT2D eigenvalue weighted by molar-refractivity contribution is 0.112. The van der Waals surface area contributed by atoms with Crippen molar-refractivity contribution in [3.05, 3.63) is 47.8 Å². The number of nitrogens with zero attached hydrogens (tertiary/aromatic N) is 1. The molecule has 0 N–H and O–H groups in total. The van der Waals surface area contributed by atoms with Crippen LogP contribution < -0.4 is 4.74 Å². The minimum Gasteiger partial charge on any atom is -0.493 e. The topological polar surface area (TPSA) is 39.2 Å². The lowest BCUT2D eigenvalue weighted by Gasteiger charge is -2.09. The molecule has 18 heavy (non-hydrogen) atoms. The summed E-state index contributed by atoms with van der Waals surface area (Å²) in [6.07, 6.45) is 2.59. The summed E-state index contributed by atoms with van der Waals surface area (Å²) in [4.78, 5) is 15.1. The minimum atomic E-state index is 0.541. The van der Waals surface area contributed by atoms with Crippen LogP contribution in [0.3, 0.4) is 0 Å². The van der Waals surface area contributed by atoms with Crippen LogP contribution in [0.2, 0.25) is 0 Å². The average molecular weight is 241 g/mol. The Hall–Kier alpha value is -2.16. The van der Waals surface area contributed by atoms with Gasteiger partial charge >= 0.3 is 0 Å². The van der Waals surface area contributed by atoms with E-state index in [1.807, 2.05) is 38.1 Å². The van der Waals surface area contributed by atoms with Crippen LogP contribution in [0.4, 0.5) is 0 Å². The molecule has 0 amide bonds. The smallest absolute Gasteiger partial charge is 0.153 e. The first-order valence-corrected chi connectivity index (χ1v) is 5.89. The lowest BCUT2D eigenvalue weighted by atomic mass is 10.0. The summed E-state index contributed by atoms with van der Waals surface area (Å²) in [5, 5.41) is 0. The zero-order valence-electron chi connectivity index (χ0n) is 10.5. The normalized spacial score (nSPS) is 10.1. The molecule has 0 spiro atoms. The van der Waals surface area contributed by atoms with Crippen molar-refractivity contribution >= 4 is 6.29 Å². The summed E-state index contributed by atoms with van der Waals surface area (Å²) in [6, 6.07) is 9.54. The van der Waals surface area contributed by atoms with Crippen LogP contribution in [0.5, 0.6) is 5.75 Å². The third kappa shape index (κ3) is 2.56. The number of rotatable bonds is 4. The fraction of sp³-hybridized carbons (Fsp3) is 0.200. The molecule has 0 saturated heterocycles. The van der Waals surface area contributed by atoms with Crippen LogP contribution in [0, 0.1) is 6.92 Å². The molecule has 0 aliphatic carbocycles. The molecule has 2 aromatic rings. The van der Waals surface area contributed by atoms with Crippen molar-refractivity contribution in [1.82, 2.24) is 4.98 Å². The van der Waals surface area contributed by atoms with Gasteiger partial charge in [-0.25, -0.2) is 0 Å². The molecular weight excluding hydrogens is 226 g/mol. The molecule has 1 heterocycles. The number of aldehydes is 1. The second kappa shape index (κ2) is 5.45. The van der Waals surface area contributed by atoms with E-state index in [1.165, 1.54) is 0 Å². The Morgan fingerprint density at radius 3 is 2.67 bits per heavy atom. The molecule has 0 unspecified atom stereocenters. The highest BCUT2D eigenvalue weighted by molar-refractivity contribution is 5.81. The fourth-order valence-electron chi connectivity index (χ4n) is 1.82. The fourth-order valence-corrected chi connectivity index (χ4v) is 1.82. The Kier molecular flexibility index (Phi) is 3.72. The van der Waals surface area contributed by atoms with E-state index in [2.05, 4.69) is 4.98 Å². The molecule has 1 aromatic heterocycles. The number of carbonyl (C=O) groups excluding carboxylic acids is 1.